The highest BCUT2D eigenvalue weighted by molar-refractivity contribution is 9.09. The second-order valence-electron chi connectivity index (χ2n) is 12.6. The highest BCUT2D eigenvalue weighted by atomic mass is 79.9. The number of halogens is 1. The lowest BCUT2D eigenvalue weighted by atomic mass is 9.94. The Hall–Kier alpha value is -3.64. The SMILES string of the molecule is COC(=O)c1c(C)[nH]c2c(O[Si](C)(C)C(C)(C)C)cc3c(c12)C[C@H](Br)CN3C(=O)c1cc2cc(OC)c(OC)c(OC)c2[nH]1. The highest BCUT2D eigenvalue weighted by Crippen LogP contribution is 2.47. The zero-order valence-electron chi connectivity index (χ0n) is 26.9. The normalized spacial score (nSPS) is 15.3. The number of amides is 1. The number of anilines is 1. The van der Waals surface area contributed by atoms with Gasteiger partial charge in [0.05, 0.1) is 50.7 Å². The molecule has 2 aromatic heterocycles. The molecule has 1 aliphatic rings. The van der Waals surface area contributed by atoms with Crippen LogP contribution in [-0.2, 0) is 11.2 Å². The van der Waals surface area contributed by atoms with Crippen LogP contribution in [0.1, 0.15) is 52.9 Å². The first-order chi connectivity index (χ1) is 20.7. The lowest BCUT2D eigenvalue weighted by molar-refractivity contribution is 0.0602. The first kappa shape index (κ1) is 31.8. The van der Waals surface area contributed by atoms with Crippen LogP contribution in [-0.4, -0.2) is 70.0 Å². The van der Waals surface area contributed by atoms with Crippen molar-refractivity contribution >= 4 is 63.6 Å². The van der Waals surface area contributed by atoms with Gasteiger partial charge >= 0.3 is 5.97 Å². The van der Waals surface area contributed by atoms with Crippen molar-refractivity contribution in [2.45, 2.75) is 57.1 Å². The summed E-state index contributed by atoms with van der Waals surface area (Å²) >= 11 is 3.79. The van der Waals surface area contributed by atoms with E-state index in [9.17, 15) is 9.59 Å². The van der Waals surface area contributed by atoms with Crippen LogP contribution in [0.4, 0.5) is 5.69 Å². The van der Waals surface area contributed by atoms with E-state index in [0.717, 1.165) is 21.9 Å². The van der Waals surface area contributed by atoms with E-state index >= 15 is 0 Å². The van der Waals surface area contributed by atoms with Gasteiger partial charge in [0.1, 0.15) is 11.4 Å². The van der Waals surface area contributed by atoms with Crippen LogP contribution in [0.25, 0.3) is 21.8 Å². The number of hydrogen-bond donors (Lipinski definition) is 2. The van der Waals surface area contributed by atoms with Gasteiger partial charge in [-0.25, -0.2) is 4.79 Å². The monoisotopic (exact) mass is 685 g/mol. The Morgan fingerprint density at radius 3 is 2.23 bits per heavy atom. The van der Waals surface area contributed by atoms with Crippen LogP contribution in [0.2, 0.25) is 18.1 Å². The number of rotatable bonds is 7. The lowest BCUT2D eigenvalue weighted by Crippen LogP contribution is -2.44. The standard InChI is InChI=1S/C32H40BrN3O7Si/c1-16-24(31(38)42-8)25-19-13-18(33)15-36(21(19)14-22(27(25)34-16)43-44(9,10)32(2,3)4)30(37)20-11-17-12-23(39-5)28(40-6)29(41-7)26(17)35-20/h11-12,14,18,34-35H,13,15H2,1-10H3/t18-/m0/s1. The van der Waals surface area contributed by atoms with E-state index in [-0.39, 0.29) is 15.8 Å². The number of nitrogens with one attached hydrogen (secondary N) is 2. The summed E-state index contributed by atoms with van der Waals surface area (Å²) in [6, 6.07) is 5.54. The third kappa shape index (κ3) is 5.11. The van der Waals surface area contributed by atoms with Crippen molar-refractivity contribution in [3.8, 4) is 23.0 Å². The van der Waals surface area contributed by atoms with Crippen LogP contribution in [0.3, 0.4) is 0 Å². The minimum atomic E-state index is -2.32. The minimum absolute atomic E-state index is 0.0610. The quantitative estimate of drug-likeness (QED) is 0.121. The number of hydrogen-bond acceptors (Lipinski definition) is 7. The average molecular weight is 687 g/mol. The lowest BCUT2D eigenvalue weighted by Gasteiger charge is -2.38. The van der Waals surface area contributed by atoms with E-state index in [1.165, 1.54) is 14.2 Å². The molecule has 0 fully saturated rings. The van der Waals surface area contributed by atoms with Crippen molar-refractivity contribution in [2.24, 2.45) is 0 Å². The molecule has 236 valence electrons. The van der Waals surface area contributed by atoms with E-state index in [2.05, 4.69) is 59.8 Å². The molecule has 1 aliphatic heterocycles. The predicted octanol–water partition coefficient (Wildman–Crippen LogP) is 7.12. The second-order valence-corrected chi connectivity index (χ2v) is 18.6. The second kappa shape index (κ2) is 11.4. The summed E-state index contributed by atoms with van der Waals surface area (Å²) in [6.07, 6.45) is 0.603. The third-order valence-corrected chi connectivity index (χ3v) is 13.8. The van der Waals surface area contributed by atoms with Crippen molar-refractivity contribution in [1.82, 2.24) is 9.97 Å². The molecule has 2 aromatic carbocycles. The molecule has 0 unspecified atom stereocenters. The van der Waals surface area contributed by atoms with Gasteiger partial charge in [0, 0.05) is 33.9 Å². The fourth-order valence-corrected chi connectivity index (χ4v) is 7.25. The molecule has 0 radical (unpaired) electrons. The number of H-pyrrole nitrogens is 2. The van der Waals surface area contributed by atoms with Gasteiger partial charge in [0.15, 0.2) is 11.5 Å². The largest absolute Gasteiger partial charge is 0.542 e. The predicted molar refractivity (Wildman–Crippen MR) is 178 cm³/mol. The Labute approximate surface area is 266 Å². The number of aromatic nitrogens is 2. The van der Waals surface area contributed by atoms with Crippen LogP contribution < -0.4 is 23.5 Å². The zero-order valence-corrected chi connectivity index (χ0v) is 29.5. The molecule has 0 aliphatic carbocycles. The molecule has 3 heterocycles. The van der Waals surface area contributed by atoms with E-state index in [0.29, 0.717) is 64.1 Å². The number of methoxy groups -OCH3 is 4. The van der Waals surface area contributed by atoms with Gasteiger partial charge in [0.2, 0.25) is 5.75 Å². The number of benzene rings is 2. The van der Waals surface area contributed by atoms with Crippen molar-refractivity contribution < 1.29 is 33.0 Å². The molecule has 10 nitrogen and oxygen atoms in total. The summed E-state index contributed by atoms with van der Waals surface area (Å²) in [5.41, 5.74) is 4.40. The van der Waals surface area contributed by atoms with Gasteiger partial charge < -0.3 is 38.2 Å². The van der Waals surface area contributed by atoms with Crippen molar-refractivity contribution in [2.75, 3.05) is 39.9 Å². The molecule has 5 rings (SSSR count). The van der Waals surface area contributed by atoms with Crippen LogP contribution in [0, 0.1) is 6.92 Å². The molecular weight excluding hydrogens is 646 g/mol. The molecule has 44 heavy (non-hydrogen) atoms. The molecular formula is C32H40BrN3O7Si. The summed E-state index contributed by atoms with van der Waals surface area (Å²) in [5, 5.41) is 1.38. The Bertz CT molecular complexity index is 1790. The van der Waals surface area contributed by atoms with Gasteiger partial charge in [0.25, 0.3) is 14.2 Å². The summed E-state index contributed by atoms with van der Waals surface area (Å²) in [7, 11) is 3.69. The maximum Gasteiger partial charge on any atom is 0.340 e. The van der Waals surface area contributed by atoms with Crippen molar-refractivity contribution in [1.29, 1.82) is 0 Å². The minimum Gasteiger partial charge on any atom is -0.542 e. The molecule has 4 aromatic rings. The number of fused-ring (bicyclic) bond motifs is 4. The fourth-order valence-electron chi connectivity index (χ4n) is 5.62. The van der Waals surface area contributed by atoms with Crippen molar-refractivity contribution in [3.63, 3.8) is 0 Å². The number of nitrogens with zero attached hydrogens (tertiary/aromatic N) is 1. The van der Waals surface area contributed by atoms with Gasteiger partial charge in [-0.1, -0.05) is 36.7 Å². The third-order valence-electron chi connectivity index (χ3n) is 8.87. The Balaban J connectivity index is 1.74. The van der Waals surface area contributed by atoms with Gasteiger partial charge in [-0.3, -0.25) is 4.79 Å². The topological polar surface area (TPSA) is 115 Å². The Morgan fingerprint density at radius 2 is 1.64 bits per heavy atom. The fraction of sp³-hybridized carbons (Fsp3) is 0.438. The molecule has 1 amide bonds. The van der Waals surface area contributed by atoms with E-state index in [4.69, 9.17) is 23.4 Å². The van der Waals surface area contributed by atoms with Crippen LogP contribution in [0.15, 0.2) is 18.2 Å². The van der Waals surface area contributed by atoms with Gasteiger partial charge in [-0.05, 0) is 49.2 Å². The number of esters is 1. The molecule has 1 atom stereocenters. The smallest absolute Gasteiger partial charge is 0.340 e. The first-order valence-corrected chi connectivity index (χ1v) is 18.2. The Morgan fingerprint density at radius 1 is 0.955 bits per heavy atom. The summed E-state index contributed by atoms with van der Waals surface area (Å²) in [4.78, 5) is 35.9. The van der Waals surface area contributed by atoms with Crippen molar-refractivity contribution in [3.05, 3.63) is 40.7 Å². The number of ether oxygens (including phenoxy) is 4. The molecule has 2 N–H and O–H groups in total. The zero-order chi connectivity index (χ0) is 32.3. The number of carbonyl (C=O) groups is 2. The summed E-state index contributed by atoms with van der Waals surface area (Å²) in [6.45, 7) is 13.1. The summed E-state index contributed by atoms with van der Waals surface area (Å²) in [5.74, 6) is 1.29. The van der Waals surface area contributed by atoms with E-state index in [1.54, 1.807) is 31.3 Å². The molecule has 0 saturated heterocycles. The Kier molecular flexibility index (Phi) is 8.21. The molecule has 12 heteroatoms. The highest BCUT2D eigenvalue weighted by Gasteiger charge is 2.41. The van der Waals surface area contributed by atoms with E-state index < -0.39 is 14.3 Å². The number of carbonyl (C=O) groups excluding carboxylic acids is 2. The number of aryl methyl sites for hydroxylation is 1. The molecule has 0 bridgehead atoms. The molecule has 0 saturated carbocycles. The number of aromatic amines is 2. The maximum atomic E-state index is 14.4. The van der Waals surface area contributed by atoms with E-state index in [1.807, 2.05) is 13.0 Å². The van der Waals surface area contributed by atoms with Gasteiger partial charge in [-0.15, -0.1) is 0 Å². The van der Waals surface area contributed by atoms with Gasteiger partial charge in [-0.2, -0.15) is 0 Å². The molecule has 0 spiro atoms. The number of alkyl halides is 1. The van der Waals surface area contributed by atoms with Crippen LogP contribution >= 0.6 is 15.9 Å². The first-order valence-electron chi connectivity index (χ1n) is 14.4. The summed E-state index contributed by atoms with van der Waals surface area (Å²) < 4.78 is 28.8. The maximum absolute atomic E-state index is 14.4. The van der Waals surface area contributed by atoms with Crippen LogP contribution in [0.5, 0.6) is 23.0 Å². The average Bonchev–Trinajstić information content (AvgIpc) is 3.55.